The zero-order valence-electron chi connectivity index (χ0n) is 11.2. The molecule has 0 radical (unpaired) electrons. The lowest BCUT2D eigenvalue weighted by Crippen LogP contribution is -2.63. The van der Waals surface area contributed by atoms with E-state index in [1.807, 2.05) is 13.8 Å². The van der Waals surface area contributed by atoms with Crippen molar-refractivity contribution in [2.75, 3.05) is 6.61 Å². The van der Waals surface area contributed by atoms with Crippen LogP contribution in [0.5, 0.6) is 0 Å². The lowest BCUT2D eigenvalue weighted by molar-refractivity contribution is -0.263. The standard InChI is InChI=1S/C13H18ClNO2/c1-9-13(16,17-8-12(2,3)15-9)10-4-6-11(14)7-5-10/h4-7,9,15-16H,8H2,1-3H3/t9-,13+/m0/s1/i9D. The maximum Gasteiger partial charge on any atom is 0.208 e. The van der Waals surface area contributed by atoms with Gasteiger partial charge in [-0.15, -0.1) is 0 Å². The van der Waals surface area contributed by atoms with E-state index in [1.54, 1.807) is 31.2 Å². The zero-order valence-corrected chi connectivity index (χ0v) is 11.0. The van der Waals surface area contributed by atoms with Gasteiger partial charge in [-0.2, -0.15) is 0 Å². The molecule has 1 saturated heterocycles. The molecule has 1 aromatic carbocycles. The molecule has 0 aliphatic carbocycles. The Hall–Kier alpha value is -0.610. The van der Waals surface area contributed by atoms with Crippen LogP contribution in [-0.4, -0.2) is 23.3 Å². The molecule has 0 unspecified atom stereocenters. The number of aliphatic hydroxyl groups is 1. The summed E-state index contributed by atoms with van der Waals surface area (Å²) in [6, 6.07) is 5.36. The molecule has 17 heavy (non-hydrogen) atoms. The molecule has 2 rings (SSSR count). The number of hydrogen-bond acceptors (Lipinski definition) is 3. The molecular formula is C13H18ClNO2. The Labute approximate surface area is 108 Å². The third kappa shape index (κ3) is 2.47. The number of morpholine rings is 1. The monoisotopic (exact) mass is 256 g/mol. The van der Waals surface area contributed by atoms with Crippen LogP contribution in [0.3, 0.4) is 0 Å². The number of ether oxygens (including phenoxy) is 1. The molecule has 0 saturated carbocycles. The minimum absolute atomic E-state index is 0.320. The number of halogens is 1. The van der Waals surface area contributed by atoms with Crippen LogP contribution < -0.4 is 5.32 Å². The van der Waals surface area contributed by atoms with Gasteiger partial charge in [0.1, 0.15) is 0 Å². The number of rotatable bonds is 1. The second-order valence-electron chi connectivity index (χ2n) is 5.07. The Balaban J connectivity index is 2.39. The molecule has 3 nitrogen and oxygen atoms in total. The third-order valence-electron chi connectivity index (χ3n) is 2.91. The molecule has 2 atom stereocenters. The quantitative estimate of drug-likeness (QED) is 0.810. The Morgan fingerprint density at radius 3 is 2.59 bits per heavy atom. The minimum atomic E-state index is -1.69. The Morgan fingerprint density at radius 2 is 2.06 bits per heavy atom. The summed E-state index contributed by atoms with van der Waals surface area (Å²) in [4.78, 5) is 0. The Kier molecular flexibility index (Phi) is 2.87. The molecule has 0 spiro atoms. The van der Waals surface area contributed by atoms with E-state index in [0.29, 0.717) is 17.2 Å². The van der Waals surface area contributed by atoms with Crippen molar-refractivity contribution in [2.24, 2.45) is 0 Å². The van der Waals surface area contributed by atoms with Crippen LogP contribution in [0.25, 0.3) is 0 Å². The molecule has 1 heterocycles. The highest BCUT2D eigenvalue weighted by Gasteiger charge is 2.44. The van der Waals surface area contributed by atoms with Gasteiger partial charge in [-0.3, -0.25) is 0 Å². The van der Waals surface area contributed by atoms with Crippen molar-refractivity contribution in [3.63, 3.8) is 0 Å². The smallest absolute Gasteiger partial charge is 0.208 e. The molecule has 4 heteroatoms. The summed E-state index contributed by atoms with van der Waals surface area (Å²) in [7, 11) is 0. The highest BCUT2D eigenvalue weighted by molar-refractivity contribution is 6.30. The van der Waals surface area contributed by atoms with Crippen LogP contribution >= 0.6 is 11.6 Å². The van der Waals surface area contributed by atoms with E-state index in [-0.39, 0.29) is 5.54 Å². The summed E-state index contributed by atoms with van der Waals surface area (Å²) < 4.78 is 13.9. The highest BCUT2D eigenvalue weighted by Crippen LogP contribution is 2.33. The molecule has 0 aromatic heterocycles. The van der Waals surface area contributed by atoms with Gasteiger partial charge in [-0.05, 0) is 32.9 Å². The topological polar surface area (TPSA) is 41.5 Å². The number of benzene rings is 1. The van der Waals surface area contributed by atoms with Crippen molar-refractivity contribution >= 4 is 11.6 Å². The first-order chi connectivity index (χ1) is 8.16. The average Bonchev–Trinajstić information content (AvgIpc) is 2.24. The zero-order chi connectivity index (χ0) is 13.6. The minimum Gasteiger partial charge on any atom is -0.361 e. The van der Waals surface area contributed by atoms with Crippen LogP contribution in [0.4, 0.5) is 0 Å². The van der Waals surface area contributed by atoms with E-state index in [0.717, 1.165) is 0 Å². The van der Waals surface area contributed by atoms with E-state index in [9.17, 15) is 5.11 Å². The first-order valence-corrected chi connectivity index (χ1v) is 5.96. The Bertz CT molecular complexity index is 447. The summed E-state index contributed by atoms with van der Waals surface area (Å²) in [5.41, 5.74) is 0.169. The second-order valence-corrected chi connectivity index (χ2v) is 5.51. The first kappa shape index (κ1) is 11.5. The summed E-state index contributed by atoms with van der Waals surface area (Å²) in [6.07, 6.45) is 0. The molecule has 2 N–H and O–H groups in total. The predicted molar refractivity (Wildman–Crippen MR) is 68.0 cm³/mol. The van der Waals surface area contributed by atoms with E-state index in [4.69, 9.17) is 17.7 Å². The summed E-state index contributed by atoms with van der Waals surface area (Å²) in [5.74, 6) is -1.69. The number of hydrogen-bond donors (Lipinski definition) is 2. The fraction of sp³-hybridized carbons (Fsp3) is 0.538. The normalized spacial score (nSPS) is 37.6. The molecular weight excluding hydrogens is 238 g/mol. The van der Waals surface area contributed by atoms with Crippen molar-refractivity contribution in [1.29, 1.82) is 0 Å². The summed E-state index contributed by atoms with van der Waals surface area (Å²) >= 11 is 5.83. The summed E-state index contributed by atoms with van der Waals surface area (Å²) in [6.45, 7) is 5.78. The molecule has 1 aliphatic heterocycles. The van der Waals surface area contributed by atoms with Crippen molar-refractivity contribution in [2.45, 2.75) is 38.1 Å². The van der Waals surface area contributed by atoms with Gasteiger partial charge in [0, 0.05) is 16.1 Å². The Morgan fingerprint density at radius 1 is 1.47 bits per heavy atom. The number of nitrogens with one attached hydrogen (secondary N) is 1. The van der Waals surface area contributed by atoms with Crippen LogP contribution in [0.1, 0.15) is 27.7 Å². The van der Waals surface area contributed by atoms with E-state index in [1.165, 1.54) is 0 Å². The molecule has 1 aromatic rings. The predicted octanol–water partition coefficient (Wildman–Crippen LogP) is 2.27. The van der Waals surface area contributed by atoms with Gasteiger partial charge in [0.15, 0.2) is 0 Å². The molecule has 94 valence electrons. The summed E-state index contributed by atoms with van der Waals surface area (Å²) in [5, 5.41) is 14.4. The fourth-order valence-electron chi connectivity index (χ4n) is 2.00. The van der Waals surface area contributed by atoms with E-state index in [2.05, 4.69) is 5.32 Å². The molecule has 0 amide bonds. The lowest BCUT2D eigenvalue weighted by atomic mass is 9.93. The van der Waals surface area contributed by atoms with Gasteiger partial charge in [0.2, 0.25) is 5.79 Å². The average molecular weight is 257 g/mol. The molecule has 0 bridgehead atoms. The van der Waals surface area contributed by atoms with Crippen molar-refractivity contribution in [1.82, 2.24) is 5.32 Å². The van der Waals surface area contributed by atoms with Crippen molar-refractivity contribution in [3.05, 3.63) is 34.9 Å². The van der Waals surface area contributed by atoms with Gasteiger partial charge < -0.3 is 15.2 Å². The molecule has 1 fully saturated rings. The van der Waals surface area contributed by atoms with Crippen LogP contribution in [-0.2, 0) is 10.5 Å². The third-order valence-corrected chi connectivity index (χ3v) is 3.16. The van der Waals surface area contributed by atoms with Gasteiger partial charge >= 0.3 is 0 Å². The first-order valence-electron chi connectivity index (χ1n) is 6.08. The van der Waals surface area contributed by atoms with Crippen molar-refractivity contribution in [3.8, 4) is 0 Å². The van der Waals surface area contributed by atoms with Crippen LogP contribution in [0, 0.1) is 0 Å². The van der Waals surface area contributed by atoms with Crippen molar-refractivity contribution < 1.29 is 11.2 Å². The van der Waals surface area contributed by atoms with Gasteiger partial charge in [0.05, 0.1) is 14.0 Å². The van der Waals surface area contributed by atoms with Crippen LogP contribution in [0.2, 0.25) is 5.02 Å². The van der Waals surface area contributed by atoms with Crippen LogP contribution in [0.15, 0.2) is 24.3 Å². The maximum absolute atomic E-state index is 10.7. The van der Waals surface area contributed by atoms with Gasteiger partial charge in [-0.1, -0.05) is 23.7 Å². The highest BCUT2D eigenvalue weighted by atomic mass is 35.5. The maximum atomic E-state index is 10.7. The molecule has 1 aliphatic rings. The lowest BCUT2D eigenvalue weighted by Gasteiger charge is -2.46. The van der Waals surface area contributed by atoms with Gasteiger partial charge in [0.25, 0.3) is 0 Å². The second kappa shape index (κ2) is 4.25. The van der Waals surface area contributed by atoms with E-state index >= 15 is 0 Å². The largest absolute Gasteiger partial charge is 0.361 e. The SMILES string of the molecule is [2H][C@@]1(C)NC(C)(C)CO[C@@]1(O)c1ccc(Cl)cc1. The van der Waals surface area contributed by atoms with E-state index < -0.39 is 11.8 Å². The fourth-order valence-corrected chi connectivity index (χ4v) is 2.12. The van der Waals surface area contributed by atoms with Gasteiger partial charge in [-0.25, -0.2) is 0 Å².